The molecule has 3 rings (SSSR count). The summed E-state index contributed by atoms with van der Waals surface area (Å²) in [4.78, 5) is 19.0. The Balaban J connectivity index is 1.80. The predicted molar refractivity (Wildman–Crippen MR) is 86.6 cm³/mol. The van der Waals surface area contributed by atoms with Crippen molar-refractivity contribution in [3.63, 3.8) is 0 Å². The lowest BCUT2D eigenvalue weighted by Crippen LogP contribution is -2.30. The van der Waals surface area contributed by atoms with E-state index in [0.717, 1.165) is 10.6 Å². The Hall–Kier alpha value is -2.85. The molecule has 6 nitrogen and oxygen atoms in total. The molecule has 0 aliphatic rings. The predicted octanol–water partition coefficient (Wildman–Crippen LogP) is 2.41. The molecule has 0 aliphatic carbocycles. The van der Waals surface area contributed by atoms with Crippen molar-refractivity contribution >= 4 is 17.2 Å². The van der Waals surface area contributed by atoms with Gasteiger partial charge in [0.2, 0.25) is 0 Å². The first-order chi connectivity index (χ1) is 11.2. The molecule has 0 saturated carbocycles. The second kappa shape index (κ2) is 6.50. The summed E-state index contributed by atoms with van der Waals surface area (Å²) in [6.45, 7) is 0.538. The minimum atomic E-state index is -0.160. The van der Waals surface area contributed by atoms with E-state index in [1.165, 1.54) is 11.3 Å². The molecule has 0 aromatic carbocycles. The lowest BCUT2D eigenvalue weighted by atomic mass is 10.3. The number of thiazole rings is 1. The van der Waals surface area contributed by atoms with Crippen LogP contribution in [0.15, 0.2) is 41.4 Å². The number of amides is 1. The van der Waals surface area contributed by atoms with Crippen LogP contribution < -0.4 is 0 Å². The zero-order valence-corrected chi connectivity index (χ0v) is 13.3. The van der Waals surface area contributed by atoms with E-state index in [-0.39, 0.29) is 12.5 Å². The Bertz CT molecular complexity index is 842. The number of carbonyl (C=O) groups is 1. The van der Waals surface area contributed by atoms with Crippen LogP contribution in [-0.4, -0.2) is 32.1 Å². The van der Waals surface area contributed by atoms with Crippen molar-refractivity contribution in [2.75, 3.05) is 6.54 Å². The highest BCUT2D eigenvalue weighted by atomic mass is 32.1. The van der Waals surface area contributed by atoms with E-state index in [1.807, 2.05) is 19.3 Å². The van der Waals surface area contributed by atoms with E-state index >= 15 is 0 Å². The maximum Gasteiger partial charge on any atom is 0.266 e. The molecule has 0 fully saturated rings. The molecular formula is C16H14N4O2S. The first-order valence-electron chi connectivity index (χ1n) is 6.87. The molecule has 0 N–H and O–H groups in total. The highest BCUT2D eigenvalue weighted by molar-refractivity contribution is 7.16. The number of aromatic nitrogens is 3. The van der Waals surface area contributed by atoms with Gasteiger partial charge in [-0.1, -0.05) is 5.92 Å². The molecule has 0 saturated heterocycles. The summed E-state index contributed by atoms with van der Waals surface area (Å²) in [5.41, 5.74) is 0.881. The van der Waals surface area contributed by atoms with E-state index in [2.05, 4.69) is 16.0 Å². The molecule has 3 aromatic heterocycles. The van der Waals surface area contributed by atoms with E-state index in [9.17, 15) is 4.79 Å². The molecular weight excluding hydrogens is 312 g/mol. The Morgan fingerprint density at radius 3 is 3.04 bits per heavy atom. The second-order valence-corrected chi connectivity index (χ2v) is 5.91. The number of carbonyl (C=O) groups excluding carboxylic acids is 1. The quantitative estimate of drug-likeness (QED) is 0.676. The summed E-state index contributed by atoms with van der Waals surface area (Å²) < 4.78 is 6.98. The third kappa shape index (κ3) is 3.33. The van der Waals surface area contributed by atoms with E-state index in [1.54, 1.807) is 34.3 Å². The maximum absolute atomic E-state index is 12.6. The summed E-state index contributed by atoms with van der Waals surface area (Å²) in [7, 11) is 1.83. The minimum absolute atomic E-state index is 0.160. The number of furan rings is 1. The first kappa shape index (κ1) is 15.1. The van der Waals surface area contributed by atoms with Gasteiger partial charge in [-0.25, -0.2) is 4.98 Å². The van der Waals surface area contributed by atoms with E-state index < -0.39 is 0 Å². The third-order valence-corrected chi connectivity index (χ3v) is 4.20. The topological polar surface area (TPSA) is 64.2 Å². The number of hydrogen-bond donors (Lipinski definition) is 0. The number of nitrogens with zero attached hydrogens (tertiary/aromatic N) is 4. The van der Waals surface area contributed by atoms with Crippen molar-refractivity contribution in [1.82, 2.24) is 19.7 Å². The Kier molecular flexibility index (Phi) is 4.26. The summed E-state index contributed by atoms with van der Waals surface area (Å²) in [6.07, 6.45) is 12.1. The lowest BCUT2D eigenvalue weighted by molar-refractivity contribution is 0.0760. The largest absolute Gasteiger partial charge is 0.467 e. The monoisotopic (exact) mass is 326 g/mol. The van der Waals surface area contributed by atoms with Crippen LogP contribution in [0.5, 0.6) is 0 Å². The molecule has 0 unspecified atom stereocenters. The van der Waals surface area contributed by atoms with Gasteiger partial charge in [0.25, 0.3) is 5.91 Å². The van der Waals surface area contributed by atoms with Crippen molar-refractivity contribution in [1.29, 1.82) is 0 Å². The SMILES string of the molecule is C#CCN(Cc1ccco1)C(=O)c1cnc(-c2cnn(C)c2)s1. The summed E-state index contributed by atoms with van der Waals surface area (Å²) in [5.74, 6) is 3.03. The first-order valence-corrected chi connectivity index (χ1v) is 7.69. The lowest BCUT2D eigenvalue weighted by Gasteiger charge is -2.17. The molecule has 23 heavy (non-hydrogen) atoms. The Morgan fingerprint density at radius 1 is 1.52 bits per heavy atom. The van der Waals surface area contributed by atoms with Gasteiger partial charge in [-0.05, 0) is 12.1 Å². The molecule has 7 heteroatoms. The zero-order chi connectivity index (χ0) is 16.2. The van der Waals surface area contributed by atoms with Gasteiger partial charge >= 0.3 is 0 Å². The fourth-order valence-corrected chi connectivity index (χ4v) is 2.95. The van der Waals surface area contributed by atoms with Gasteiger partial charge in [-0.3, -0.25) is 9.48 Å². The maximum atomic E-state index is 12.6. The standard InChI is InChI=1S/C16H14N4O2S/c1-3-6-20(11-13-5-4-7-22-13)16(21)14-9-17-15(23-14)12-8-18-19(2)10-12/h1,4-5,7-10H,6,11H2,2H3. The van der Waals surface area contributed by atoms with Crippen LogP contribution in [0, 0.1) is 12.3 Å². The van der Waals surface area contributed by atoms with E-state index in [4.69, 9.17) is 10.8 Å². The van der Waals surface area contributed by atoms with Crippen LogP contribution in [0.3, 0.4) is 0 Å². The number of rotatable bonds is 5. The van der Waals surface area contributed by atoms with Gasteiger partial charge in [0.05, 0.1) is 31.7 Å². The molecule has 0 aliphatic heterocycles. The smallest absolute Gasteiger partial charge is 0.266 e. The molecule has 116 valence electrons. The molecule has 0 atom stereocenters. The van der Waals surface area contributed by atoms with Crippen molar-refractivity contribution in [3.8, 4) is 22.9 Å². The average molecular weight is 326 g/mol. The fourth-order valence-electron chi connectivity index (χ4n) is 2.09. The van der Waals surface area contributed by atoms with Crippen LogP contribution in [0.2, 0.25) is 0 Å². The fraction of sp³-hybridized carbons (Fsp3) is 0.188. The van der Waals surface area contributed by atoms with Gasteiger partial charge in [0.1, 0.15) is 15.6 Å². The van der Waals surface area contributed by atoms with Gasteiger partial charge in [-0.15, -0.1) is 17.8 Å². The van der Waals surface area contributed by atoms with Gasteiger partial charge in [0.15, 0.2) is 0 Å². The summed E-state index contributed by atoms with van der Waals surface area (Å²) >= 11 is 1.32. The number of hydrogen-bond acceptors (Lipinski definition) is 5. The van der Waals surface area contributed by atoms with Gasteiger partial charge < -0.3 is 9.32 Å². The van der Waals surface area contributed by atoms with E-state index in [0.29, 0.717) is 17.2 Å². The van der Waals surface area contributed by atoms with Gasteiger partial charge in [0, 0.05) is 18.8 Å². The van der Waals surface area contributed by atoms with Crippen molar-refractivity contribution < 1.29 is 9.21 Å². The highest BCUT2D eigenvalue weighted by Crippen LogP contribution is 2.25. The normalized spacial score (nSPS) is 10.4. The van der Waals surface area contributed by atoms with Crippen LogP contribution in [0.4, 0.5) is 0 Å². The molecule has 1 amide bonds. The van der Waals surface area contributed by atoms with Crippen molar-refractivity contribution in [2.45, 2.75) is 6.54 Å². The average Bonchev–Trinajstić information content (AvgIpc) is 3.27. The number of terminal acetylenes is 1. The molecule has 3 aromatic rings. The van der Waals surface area contributed by atoms with Crippen LogP contribution in [0.1, 0.15) is 15.4 Å². The van der Waals surface area contributed by atoms with Crippen molar-refractivity contribution in [2.24, 2.45) is 7.05 Å². The Labute approximate surface area is 137 Å². The zero-order valence-electron chi connectivity index (χ0n) is 12.5. The summed E-state index contributed by atoms with van der Waals surface area (Å²) in [6, 6.07) is 3.59. The molecule has 0 bridgehead atoms. The summed E-state index contributed by atoms with van der Waals surface area (Å²) in [5, 5.41) is 4.86. The highest BCUT2D eigenvalue weighted by Gasteiger charge is 2.20. The minimum Gasteiger partial charge on any atom is -0.467 e. The van der Waals surface area contributed by atoms with Gasteiger partial charge in [-0.2, -0.15) is 5.10 Å². The molecule has 0 radical (unpaired) electrons. The van der Waals surface area contributed by atoms with Crippen LogP contribution in [0.25, 0.3) is 10.6 Å². The molecule has 0 spiro atoms. The third-order valence-electron chi connectivity index (χ3n) is 3.16. The van der Waals surface area contributed by atoms with Crippen molar-refractivity contribution in [3.05, 3.63) is 47.6 Å². The van der Waals surface area contributed by atoms with Crippen LogP contribution >= 0.6 is 11.3 Å². The number of aryl methyl sites for hydroxylation is 1. The molecule has 3 heterocycles. The Morgan fingerprint density at radius 2 is 2.39 bits per heavy atom. The second-order valence-electron chi connectivity index (χ2n) is 4.88. The van der Waals surface area contributed by atoms with Crippen LogP contribution in [-0.2, 0) is 13.6 Å².